The molecule has 0 aliphatic rings. The van der Waals surface area contributed by atoms with E-state index < -0.39 is 0 Å². The summed E-state index contributed by atoms with van der Waals surface area (Å²) in [4.78, 5) is 0. The smallest absolute Gasteiger partial charge is 0.190 e. The average molecular weight is 220 g/mol. The van der Waals surface area contributed by atoms with Crippen molar-refractivity contribution in [2.45, 2.75) is 19.0 Å². The van der Waals surface area contributed by atoms with Crippen LogP contribution in [-0.4, -0.2) is 26.4 Å². The van der Waals surface area contributed by atoms with Crippen molar-refractivity contribution < 1.29 is 0 Å². The van der Waals surface area contributed by atoms with Crippen LogP contribution in [0, 0.1) is 12.8 Å². The van der Waals surface area contributed by atoms with Crippen LogP contribution in [-0.2, 0) is 7.05 Å². The number of rotatable bonds is 4. The summed E-state index contributed by atoms with van der Waals surface area (Å²) in [5, 5.41) is 9.00. The van der Waals surface area contributed by atoms with Gasteiger partial charge in [0, 0.05) is 18.7 Å². The molecule has 0 saturated heterocycles. The summed E-state index contributed by atoms with van der Waals surface area (Å²) in [6, 6.07) is 0. The van der Waals surface area contributed by atoms with Crippen LogP contribution in [0.25, 0.3) is 0 Å². The maximum Gasteiger partial charge on any atom is 0.190 e. The summed E-state index contributed by atoms with van der Waals surface area (Å²) < 4.78 is 1.99. The van der Waals surface area contributed by atoms with Gasteiger partial charge in [0.2, 0.25) is 0 Å². The highest BCUT2D eigenvalue weighted by molar-refractivity contribution is 7.99. The van der Waals surface area contributed by atoms with Crippen LogP contribution < -0.4 is 0 Å². The molecule has 1 aromatic heterocycles. The summed E-state index contributed by atoms with van der Waals surface area (Å²) in [6.45, 7) is 4.07. The minimum Gasteiger partial charge on any atom is -0.309 e. The Labute approximate surface area is 87.9 Å². The first-order chi connectivity index (χ1) is 6.15. The van der Waals surface area contributed by atoms with E-state index in [9.17, 15) is 0 Å². The standard InChI is InChI=1S/C8H14ClN3S/c1-6(4-9)5-13-8-11-10-7(2)12(8)3/h6H,4-5H2,1-3H3. The Bertz CT molecular complexity index is 274. The molecule has 1 unspecified atom stereocenters. The summed E-state index contributed by atoms with van der Waals surface area (Å²) in [7, 11) is 1.98. The zero-order chi connectivity index (χ0) is 9.84. The molecule has 0 bridgehead atoms. The van der Waals surface area contributed by atoms with E-state index in [4.69, 9.17) is 11.6 Å². The van der Waals surface area contributed by atoms with E-state index in [1.54, 1.807) is 11.8 Å². The van der Waals surface area contributed by atoms with Crippen molar-refractivity contribution in [3.63, 3.8) is 0 Å². The number of halogens is 1. The Balaban J connectivity index is 2.50. The molecule has 0 aromatic carbocycles. The Morgan fingerprint density at radius 1 is 1.54 bits per heavy atom. The van der Waals surface area contributed by atoms with Crippen molar-refractivity contribution in [3.05, 3.63) is 5.82 Å². The average Bonchev–Trinajstić information content (AvgIpc) is 2.44. The van der Waals surface area contributed by atoms with Gasteiger partial charge in [-0.1, -0.05) is 18.7 Å². The quantitative estimate of drug-likeness (QED) is 0.574. The molecule has 74 valence electrons. The van der Waals surface area contributed by atoms with Crippen molar-refractivity contribution in [1.82, 2.24) is 14.8 Å². The Hall–Kier alpha value is -0.220. The zero-order valence-electron chi connectivity index (χ0n) is 8.12. The fourth-order valence-electron chi connectivity index (χ4n) is 0.775. The van der Waals surface area contributed by atoms with Crippen LogP contribution in [0.4, 0.5) is 0 Å². The lowest BCUT2D eigenvalue weighted by atomic mass is 10.3. The van der Waals surface area contributed by atoms with E-state index in [0.717, 1.165) is 16.7 Å². The number of nitrogens with zero attached hydrogens (tertiary/aromatic N) is 3. The predicted molar refractivity (Wildman–Crippen MR) is 56.3 cm³/mol. The molecular weight excluding hydrogens is 206 g/mol. The maximum absolute atomic E-state index is 5.71. The minimum absolute atomic E-state index is 0.517. The zero-order valence-corrected chi connectivity index (χ0v) is 9.69. The maximum atomic E-state index is 5.71. The van der Waals surface area contributed by atoms with Crippen LogP contribution in [0.2, 0.25) is 0 Å². The van der Waals surface area contributed by atoms with Gasteiger partial charge in [0.1, 0.15) is 5.82 Å². The lowest BCUT2D eigenvalue weighted by molar-refractivity contribution is 0.739. The number of hydrogen-bond acceptors (Lipinski definition) is 3. The molecule has 0 aliphatic heterocycles. The molecule has 13 heavy (non-hydrogen) atoms. The number of alkyl halides is 1. The molecule has 0 N–H and O–H groups in total. The van der Waals surface area contributed by atoms with Crippen LogP contribution in [0.1, 0.15) is 12.7 Å². The van der Waals surface area contributed by atoms with Gasteiger partial charge in [0.25, 0.3) is 0 Å². The highest BCUT2D eigenvalue weighted by Crippen LogP contribution is 2.18. The molecule has 0 amide bonds. The lowest BCUT2D eigenvalue weighted by Crippen LogP contribution is -2.01. The van der Waals surface area contributed by atoms with Gasteiger partial charge in [-0.05, 0) is 12.8 Å². The second-order valence-electron chi connectivity index (χ2n) is 3.16. The van der Waals surface area contributed by atoms with E-state index >= 15 is 0 Å². The molecule has 0 radical (unpaired) electrons. The van der Waals surface area contributed by atoms with E-state index in [1.165, 1.54) is 0 Å². The normalized spacial score (nSPS) is 13.2. The number of thioether (sulfide) groups is 1. The number of aryl methyl sites for hydroxylation is 1. The Morgan fingerprint density at radius 3 is 2.69 bits per heavy atom. The van der Waals surface area contributed by atoms with Crippen LogP contribution in [0.3, 0.4) is 0 Å². The summed E-state index contributed by atoms with van der Waals surface area (Å²) >= 11 is 7.41. The van der Waals surface area contributed by atoms with Gasteiger partial charge < -0.3 is 4.57 Å². The minimum atomic E-state index is 0.517. The molecule has 1 atom stereocenters. The van der Waals surface area contributed by atoms with Crippen molar-refractivity contribution in [1.29, 1.82) is 0 Å². The summed E-state index contributed by atoms with van der Waals surface area (Å²) in [5.41, 5.74) is 0. The SMILES string of the molecule is Cc1nnc(SCC(C)CCl)n1C. The van der Waals surface area contributed by atoms with E-state index in [2.05, 4.69) is 17.1 Å². The third-order valence-electron chi connectivity index (χ3n) is 1.81. The Morgan fingerprint density at radius 2 is 2.23 bits per heavy atom. The van der Waals surface area contributed by atoms with Crippen LogP contribution in [0.15, 0.2) is 5.16 Å². The van der Waals surface area contributed by atoms with Crippen molar-refractivity contribution >= 4 is 23.4 Å². The Kier molecular flexibility index (Phi) is 4.06. The van der Waals surface area contributed by atoms with Crippen molar-refractivity contribution in [2.75, 3.05) is 11.6 Å². The fraction of sp³-hybridized carbons (Fsp3) is 0.750. The molecule has 5 heteroatoms. The van der Waals surface area contributed by atoms with Gasteiger partial charge in [-0.15, -0.1) is 21.8 Å². The van der Waals surface area contributed by atoms with Gasteiger partial charge in [-0.2, -0.15) is 0 Å². The van der Waals surface area contributed by atoms with Crippen molar-refractivity contribution in [2.24, 2.45) is 13.0 Å². The topological polar surface area (TPSA) is 30.7 Å². The first kappa shape index (κ1) is 10.9. The molecular formula is C8H14ClN3S. The van der Waals surface area contributed by atoms with Crippen LogP contribution >= 0.6 is 23.4 Å². The number of hydrogen-bond donors (Lipinski definition) is 0. The van der Waals surface area contributed by atoms with Gasteiger partial charge in [-0.3, -0.25) is 0 Å². The second-order valence-corrected chi connectivity index (χ2v) is 4.46. The van der Waals surface area contributed by atoms with E-state index in [-0.39, 0.29) is 0 Å². The van der Waals surface area contributed by atoms with Gasteiger partial charge in [-0.25, -0.2) is 0 Å². The van der Waals surface area contributed by atoms with E-state index in [1.807, 2.05) is 18.5 Å². The predicted octanol–water partition coefficient (Wildman–Crippen LogP) is 2.09. The molecule has 0 spiro atoms. The third kappa shape index (κ3) is 2.88. The molecule has 1 rings (SSSR count). The number of aromatic nitrogens is 3. The van der Waals surface area contributed by atoms with Gasteiger partial charge in [0.15, 0.2) is 5.16 Å². The largest absolute Gasteiger partial charge is 0.309 e. The highest BCUT2D eigenvalue weighted by atomic mass is 35.5. The molecule has 0 aliphatic carbocycles. The van der Waals surface area contributed by atoms with Crippen LogP contribution in [0.5, 0.6) is 0 Å². The molecule has 0 fully saturated rings. The van der Waals surface area contributed by atoms with E-state index in [0.29, 0.717) is 11.8 Å². The first-order valence-electron chi connectivity index (χ1n) is 4.20. The summed E-state index contributed by atoms with van der Waals surface area (Å²) in [5.74, 6) is 3.16. The fourth-order valence-corrected chi connectivity index (χ4v) is 1.99. The molecule has 0 saturated carbocycles. The highest BCUT2D eigenvalue weighted by Gasteiger charge is 2.07. The second kappa shape index (κ2) is 4.86. The molecule has 1 heterocycles. The third-order valence-corrected chi connectivity index (χ3v) is 3.69. The lowest BCUT2D eigenvalue weighted by Gasteiger charge is -2.05. The molecule has 3 nitrogen and oxygen atoms in total. The van der Waals surface area contributed by atoms with Gasteiger partial charge >= 0.3 is 0 Å². The molecule has 1 aromatic rings. The van der Waals surface area contributed by atoms with Crippen molar-refractivity contribution in [3.8, 4) is 0 Å². The first-order valence-corrected chi connectivity index (χ1v) is 5.72. The van der Waals surface area contributed by atoms with Gasteiger partial charge in [0.05, 0.1) is 0 Å². The summed E-state index contributed by atoms with van der Waals surface area (Å²) in [6.07, 6.45) is 0. The monoisotopic (exact) mass is 219 g/mol.